The zero-order valence-electron chi connectivity index (χ0n) is 18.1. The van der Waals surface area contributed by atoms with Gasteiger partial charge < -0.3 is 24.3 Å². The number of imidazole rings is 1. The zero-order chi connectivity index (χ0) is 23.6. The maximum Gasteiger partial charge on any atom is 0.280 e. The Hall–Kier alpha value is -3.61. The molecule has 0 unspecified atom stereocenters. The van der Waals surface area contributed by atoms with Crippen LogP contribution in [-0.4, -0.2) is 80.7 Å². The third kappa shape index (κ3) is 4.49. The minimum absolute atomic E-state index is 0.0437. The maximum absolute atomic E-state index is 12.5. The molecule has 1 aromatic carbocycles. The number of likely N-dealkylation sites (N-methyl/N-ethyl adjacent to an activating group) is 1. The highest BCUT2D eigenvalue weighted by atomic mass is 16.5. The minimum Gasteiger partial charge on any atom is -0.484 e. The van der Waals surface area contributed by atoms with E-state index in [-0.39, 0.29) is 36.2 Å². The Balaban J connectivity index is 1.60. The summed E-state index contributed by atoms with van der Waals surface area (Å²) in [5.41, 5.74) is -1.72. The molecule has 2 aromatic heterocycles. The van der Waals surface area contributed by atoms with Gasteiger partial charge in [0.1, 0.15) is 5.75 Å². The number of hydrogen-bond acceptors (Lipinski definition) is 9. The van der Waals surface area contributed by atoms with E-state index >= 15 is 0 Å². The first-order valence-electron chi connectivity index (χ1n) is 10.2. The summed E-state index contributed by atoms with van der Waals surface area (Å²) in [6.45, 7) is -0.765. The highest BCUT2D eigenvalue weighted by Gasteiger charge is 2.48. The van der Waals surface area contributed by atoms with Gasteiger partial charge >= 0.3 is 0 Å². The van der Waals surface area contributed by atoms with Gasteiger partial charge in [0.2, 0.25) is 5.95 Å². The van der Waals surface area contributed by atoms with E-state index in [1.54, 1.807) is 24.3 Å². The molecule has 3 aromatic rings. The number of para-hydroxylation sites is 1. The molecule has 12 nitrogen and oxygen atoms in total. The number of fused-ring (bicyclic) bond motifs is 1. The Morgan fingerprint density at radius 3 is 2.85 bits per heavy atom. The summed E-state index contributed by atoms with van der Waals surface area (Å²) in [4.78, 5) is 49.3. The molecule has 0 spiro atoms. The topological polar surface area (TPSA) is 152 Å². The highest BCUT2D eigenvalue weighted by molar-refractivity contribution is 5.90. The maximum atomic E-state index is 12.5. The number of nitrogens with zero attached hydrogens (tertiary/aromatic N) is 4. The molecule has 0 aliphatic carbocycles. The molecule has 174 valence electrons. The fourth-order valence-corrected chi connectivity index (χ4v) is 3.72. The van der Waals surface area contributed by atoms with Crippen LogP contribution in [0, 0.1) is 0 Å². The van der Waals surface area contributed by atoms with E-state index in [1.807, 2.05) is 25.1 Å². The summed E-state index contributed by atoms with van der Waals surface area (Å²) in [7, 11) is 3.63. The van der Waals surface area contributed by atoms with E-state index in [9.17, 15) is 19.5 Å². The van der Waals surface area contributed by atoms with Gasteiger partial charge in [-0.15, -0.1) is 0 Å². The summed E-state index contributed by atoms with van der Waals surface area (Å²) in [5.74, 6) is -0.0756. The molecule has 1 fully saturated rings. The predicted molar refractivity (Wildman–Crippen MR) is 117 cm³/mol. The van der Waals surface area contributed by atoms with Crippen LogP contribution in [0.4, 0.5) is 5.95 Å². The van der Waals surface area contributed by atoms with Crippen LogP contribution < -0.4 is 15.6 Å². The summed E-state index contributed by atoms with van der Waals surface area (Å²) in [5, 5.41) is 12.2. The van der Waals surface area contributed by atoms with Gasteiger partial charge in [-0.25, -0.2) is 4.98 Å². The minimum atomic E-state index is -1.37. The lowest BCUT2D eigenvalue weighted by atomic mass is 10.00. The van der Waals surface area contributed by atoms with Crippen LogP contribution in [-0.2, 0) is 14.3 Å². The van der Waals surface area contributed by atoms with Gasteiger partial charge in [-0.2, -0.15) is 4.98 Å². The number of aromatic nitrogens is 4. The summed E-state index contributed by atoms with van der Waals surface area (Å²) < 4.78 is 12.9. The van der Waals surface area contributed by atoms with Crippen molar-refractivity contribution in [1.29, 1.82) is 0 Å². The van der Waals surface area contributed by atoms with Crippen molar-refractivity contribution in [3.8, 4) is 5.75 Å². The number of carbonyl (C=O) groups excluding carboxylic acids is 2. The first-order valence-corrected chi connectivity index (χ1v) is 10.2. The largest absolute Gasteiger partial charge is 0.484 e. The number of rotatable bonds is 8. The Morgan fingerprint density at radius 1 is 1.42 bits per heavy atom. The van der Waals surface area contributed by atoms with Gasteiger partial charge in [0.15, 0.2) is 35.9 Å². The summed E-state index contributed by atoms with van der Waals surface area (Å²) in [6, 6.07) is 8.51. The van der Waals surface area contributed by atoms with Crippen molar-refractivity contribution in [2.45, 2.75) is 24.3 Å². The van der Waals surface area contributed by atoms with Crippen molar-refractivity contribution in [2.75, 3.05) is 32.6 Å². The molecule has 0 radical (unpaired) electrons. The van der Waals surface area contributed by atoms with Crippen LogP contribution >= 0.6 is 0 Å². The number of aromatic amines is 1. The molecule has 0 bridgehead atoms. The summed E-state index contributed by atoms with van der Waals surface area (Å²) in [6.07, 6.45) is 1.47. The zero-order valence-corrected chi connectivity index (χ0v) is 18.1. The lowest BCUT2D eigenvalue weighted by Gasteiger charge is -2.25. The van der Waals surface area contributed by atoms with Gasteiger partial charge in [-0.1, -0.05) is 18.2 Å². The van der Waals surface area contributed by atoms with E-state index in [0.29, 0.717) is 12.0 Å². The Morgan fingerprint density at radius 2 is 2.18 bits per heavy atom. The SMILES string of the molecule is CN(C)[C@@H]1C[C@@](C=O)(CO)O[C@H]1n1cnc2c(=O)[nH]c(NC(=O)COc3ccccc3)nc21. The molecule has 1 amide bonds. The number of amides is 1. The standard InChI is InChI=1S/C21H24N6O6/c1-26(2)14-8-21(10-28,11-29)33-19(14)27-12-22-16-17(27)24-20(25-18(16)31)23-15(30)9-32-13-6-4-3-5-7-13/h3-7,10,12,14,19,29H,8-9,11H2,1-2H3,(H2,23,24,25,30,31)/t14-,19-,21-/m1/s1. The second-order valence-corrected chi connectivity index (χ2v) is 7.97. The van der Waals surface area contributed by atoms with Crippen LogP contribution in [0.5, 0.6) is 5.75 Å². The number of carbonyl (C=O) groups is 2. The Labute approximate surface area is 188 Å². The number of aliphatic hydroxyl groups is 1. The van der Waals surface area contributed by atoms with Crippen molar-refractivity contribution in [3.63, 3.8) is 0 Å². The van der Waals surface area contributed by atoms with E-state index < -0.39 is 29.9 Å². The second-order valence-electron chi connectivity index (χ2n) is 7.97. The molecule has 0 saturated carbocycles. The Bertz CT molecular complexity index is 1210. The molecule has 3 N–H and O–H groups in total. The lowest BCUT2D eigenvalue weighted by Crippen LogP contribution is -2.36. The lowest BCUT2D eigenvalue weighted by molar-refractivity contribution is -0.141. The van der Waals surface area contributed by atoms with E-state index in [2.05, 4.69) is 20.3 Å². The molecular weight excluding hydrogens is 432 g/mol. The van der Waals surface area contributed by atoms with Gasteiger partial charge in [-0.05, 0) is 26.2 Å². The number of anilines is 1. The van der Waals surface area contributed by atoms with Crippen molar-refractivity contribution >= 4 is 29.3 Å². The number of nitrogens with one attached hydrogen (secondary N) is 2. The third-order valence-corrected chi connectivity index (χ3v) is 5.46. The summed E-state index contributed by atoms with van der Waals surface area (Å²) >= 11 is 0. The number of aliphatic hydroxyl groups excluding tert-OH is 1. The number of ether oxygens (including phenoxy) is 2. The molecule has 33 heavy (non-hydrogen) atoms. The first kappa shape index (κ1) is 22.6. The van der Waals surface area contributed by atoms with Crippen LogP contribution in [0.3, 0.4) is 0 Å². The molecule has 3 atom stereocenters. The van der Waals surface area contributed by atoms with Gasteiger partial charge in [-0.3, -0.25) is 24.5 Å². The smallest absolute Gasteiger partial charge is 0.280 e. The van der Waals surface area contributed by atoms with Crippen LogP contribution in [0.25, 0.3) is 11.2 Å². The Kier molecular flexibility index (Phi) is 6.22. The molecule has 1 saturated heterocycles. The average molecular weight is 456 g/mol. The monoisotopic (exact) mass is 456 g/mol. The number of benzene rings is 1. The molecule has 1 aliphatic rings. The second kappa shape index (κ2) is 9.10. The molecule has 1 aliphatic heterocycles. The quantitative estimate of drug-likeness (QED) is 0.395. The van der Waals surface area contributed by atoms with Crippen LogP contribution in [0.1, 0.15) is 12.6 Å². The fourth-order valence-electron chi connectivity index (χ4n) is 3.72. The molecule has 4 rings (SSSR count). The van der Waals surface area contributed by atoms with Gasteiger partial charge in [0.05, 0.1) is 19.0 Å². The van der Waals surface area contributed by atoms with E-state index in [1.165, 1.54) is 10.9 Å². The molecule has 3 heterocycles. The van der Waals surface area contributed by atoms with E-state index in [4.69, 9.17) is 9.47 Å². The first-order chi connectivity index (χ1) is 15.9. The normalized spacial score (nSPS) is 22.5. The van der Waals surface area contributed by atoms with Gasteiger partial charge in [0.25, 0.3) is 11.5 Å². The van der Waals surface area contributed by atoms with Crippen molar-refractivity contribution in [1.82, 2.24) is 24.4 Å². The van der Waals surface area contributed by atoms with Crippen LogP contribution in [0.2, 0.25) is 0 Å². The van der Waals surface area contributed by atoms with E-state index in [0.717, 1.165) is 0 Å². The third-order valence-electron chi connectivity index (χ3n) is 5.46. The predicted octanol–water partition coefficient (Wildman–Crippen LogP) is -0.0838. The number of aldehydes is 1. The number of hydrogen-bond donors (Lipinski definition) is 3. The van der Waals surface area contributed by atoms with Gasteiger partial charge in [0, 0.05) is 6.42 Å². The average Bonchev–Trinajstić information content (AvgIpc) is 3.41. The van der Waals surface area contributed by atoms with Crippen LogP contribution in [0.15, 0.2) is 41.5 Å². The molecule has 12 heteroatoms. The highest BCUT2D eigenvalue weighted by Crippen LogP contribution is 2.38. The molecular formula is C21H24N6O6. The van der Waals surface area contributed by atoms with Crippen molar-refractivity contribution in [2.24, 2.45) is 0 Å². The number of H-pyrrole nitrogens is 1. The fraction of sp³-hybridized carbons (Fsp3) is 0.381. The van der Waals surface area contributed by atoms with Crippen molar-refractivity contribution in [3.05, 3.63) is 47.0 Å². The van der Waals surface area contributed by atoms with Crippen molar-refractivity contribution < 1.29 is 24.2 Å².